The van der Waals surface area contributed by atoms with Crippen LogP contribution in [-0.4, -0.2) is 5.91 Å². The molecule has 4 nitrogen and oxygen atoms in total. The Morgan fingerprint density at radius 3 is 2.50 bits per heavy atom. The molecule has 0 spiro atoms. The topological polar surface area (TPSA) is 64.9 Å². The van der Waals surface area contributed by atoms with Gasteiger partial charge < -0.3 is 10.6 Å². The number of rotatable bonds is 5. The van der Waals surface area contributed by atoms with Crippen LogP contribution in [-0.2, 0) is 11.3 Å². The van der Waals surface area contributed by atoms with E-state index in [1.165, 1.54) is 24.4 Å². The van der Waals surface area contributed by atoms with Gasteiger partial charge in [-0.1, -0.05) is 35.3 Å². The third kappa shape index (κ3) is 4.98. The number of nitrogens with one attached hydrogen (secondary N) is 2. The predicted octanol–water partition coefficient (Wildman–Crippen LogP) is 4.27. The van der Waals surface area contributed by atoms with Gasteiger partial charge in [0.2, 0.25) is 0 Å². The monoisotopic (exact) mass is 363 g/mol. The van der Waals surface area contributed by atoms with Crippen molar-refractivity contribution in [3.63, 3.8) is 0 Å². The summed E-state index contributed by atoms with van der Waals surface area (Å²) in [5, 5.41) is 15.2. The Morgan fingerprint density at radius 1 is 1.17 bits per heavy atom. The van der Waals surface area contributed by atoms with Crippen molar-refractivity contribution in [1.29, 1.82) is 5.26 Å². The van der Waals surface area contributed by atoms with E-state index in [1.54, 1.807) is 24.3 Å². The number of hydrogen-bond donors (Lipinski definition) is 2. The summed E-state index contributed by atoms with van der Waals surface area (Å²) in [4.78, 5) is 12.1. The van der Waals surface area contributed by atoms with E-state index in [4.69, 9.17) is 28.5 Å². The zero-order chi connectivity index (χ0) is 17.5. The molecule has 2 aromatic rings. The summed E-state index contributed by atoms with van der Waals surface area (Å²) in [6, 6.07) is 12.3. The van der Waals surface area contributed by atoms with Crippen LogP contribution in [0.5, 0.6) is 0 Å². The van der Waals surface area contributed by atoms with Crippen LogP contribution in [0.15, 0.2) is 54.2 Å². The molecule has 24 heavy (non-hydrogen) atoms. The Kier molecular flexibility index (Phi) is 6.19. The lowest BCUT2D eigenvalue weighted by Crippen LogP contribution is -2.16. The van der Waals surface area contributed by atoms with Crippen LogP contribution in [0, 0.1) is 17.1 Å². The Morgan fingerprint density at radius 2 is 1.88 bits per heavy atom. The molecule has 0 aliphatic carbocycles. The van der Waals surface area contributed by atoms with Gasteiger partial charge in [0, 0.05) is 18.4 Å². The molecule has 0 unspecified atom stereocenters. The zero-order valence-electron chi connectivity index (χ0n) is 12.3. The van der Waals surface area contributed by atoms with Crippen LogP contribution in [0.2, 0.25) is 10.0 Å². The fraction of sp³-hybridized carbons (Fsp3) is 0.0588. The van der Waals surface area contributed by atoms with Crippen LogP contribution in [0.3, 0.4) is 0 Å². The molecule has 2 N–H and O–H groups in total. The molecule has 2 rings (SSSR count). The van der Waals surface area contributed by atoms with Gasteiger partial charge in [-0.2, -0.15) is 5.26 Å². The van der Waals surface area contributed by atoms with Crippen molar-refractivity contribution >= 4 is 34.8 Å². The van der Waals surface area contributed by atoms with Crippen molar-refractivity contribution in [2.24, 2.45) is 0 Å². The lowest BCUT2D eigenvalue weighted by Gasteiger charge is -2.06. The molecule has 0 atom stereocenters. The smallest absolute Gasteiger partial charge is 0.267 e. The minimum atomic E-state index is -0.581. The van der Waals surface area contributed by atoms with E-state index in [2.05, 4.69) is 10.6 Å². The minimum absolute atomic E-state index is 0.108. The average Bonchev–Trinajstić information content (AvgIpc) is 2.56. The molecule has 2 aromatic carbocycles. The molecule has 0 aromatic heterocycles. The van der Waals surface area contributed by atoms with Crippen LogP contribution >= 0.6 is 23.2 Å². The Hall–Kier alpha value is -2.55. The molecule has 0 aliphatic heterocycles. The van der Waals surface area contributed by atoms with Crippen LogP contribution in [0.1, 0.15) is 5.56 Å². The highest BCUT2D eigenvalue weighted by Gasteiger charge is 2.10. The highest BCUT2D eigenvalue weighted by molar-refractivity contribution is 6.42. The summed E-state index contributed by atoms with van der Waals surface area (Å²) in [5.41, 5.74) is 1.13. The van der Waals surface area contributed by atoms with Gasteiger partial charge in [0.25, 0.3) is 5.91 Å². The minimum Gasteiger partial charge on any atom is -0.386 e. The summed E-state index contributed by atoms with van der Waals surface area (Å²) in [6.07, 6.45) is 1.30. The number of hydrogen-bond acceptors (Lipinski definition) is 3. The molecule has 0 aliphatic rings. The molecular weight excluding hydrogens is 352 g/mol. The van der Waals surface area contributed by atoms with Gasteiger partial charge >= 0.3 is 0 Å². The first-order valence-corrected chi connectivity index (χ1v) is 7.59. The van der Waals surface area contributed by atoms with Gasteiger partial charge in [-0.25, -0.2) is 4.39 Å². The maximum absolute atomic E-state index is 12.8. The van der Waals surface area contributed by atoms with Gasteiger partial charge in [-0.15, -0.1) is 0 Å². The second kappa shape index (κ2) is 8.34. The molecule has 7 heteroatoms. The third-order valence-corrected chi connectivity index (χ3v) is 3.75. The summed E-state index contributed by atoms with van der Waals surface area (Å²) < 4.78 is 12.8. The van der Waals surface area contributed by atoms with Gasteiger partial charge in [-0.3, -0.25) is 4.79 Å². The van der Waals surface area contributed by atoms with Crippen molar-refractivity contribution < 1.29 is 9.18 Å². The van der Waals surface area contributed by atoms with Crippen LogP contribution in [0.25, 0.3) is 0 Å². The predicted molar refractivity (Wildman–Crippen MR) is 92.0 cm³/mol. The Bertz CT molecular complexity index is 814. The molecule has 0 heterocycles. The second-order valence-corrected chi connectivity index (χ2v) is 5.57. The zero-order valence-corrected chi connectivity index (χ0v) is 13.8. The fourth-order valence-corrected chi connectivity index (χ4v) is 2.09. The molecule has 0 radical (unpaired) electrons. The molecule has 1 amide bonds. The average molecular weight is 364 g/mol. The van der Waals surface area contributed by atoms with E-state index in [0.29, 0.717) is 22.3 Å². The van der Waals surface area contributed by atoms with Crippen molar-refractivity contribution in [3.8, 4) is 6.07 Å². The highest BCUT2D eigenvalue weighted by atomic mass is 35.5. The third-order valence-electron chi connectivity index (χ3n) is 3.01. The van der Waals surface area contributed by atoms with Gasteiger partial charge in [0.1, 0.15) is 17.5 Å². The van der Waals surface area contributed by atoms with Gasteiger partial charge in [0.05, 0.1) is 10.0 Å². The molecule has 0 saturated carbocycles. The van der Waals surface area contributed by atoms with Gasteiger partial charge in [-0.05, 0) is 35.9 Å². The molecule has 0 fully saturated rings. The fourth-order valence-electron chi connectivity index (χ4n) is 1.79. The summed E-state index contributed by atoms with van der Waals surface area (Å²) in [6.45, 7) is 0.353. The number of nitrogens with zero attached hydrogens (tertiary/aromatic N) is 1. The standard InChI is InChI=1S/C17H12Cl2FN3O/c18-15-6-5-14(7-16(15)19)23-17(24)12(8-21)10-22-9-11-1-3-13(20)4-2-11/h1-7,10,22H,9H2,(H,23,24)/b12-10-. The number of amides is 1. The normalized spacial score (nSPS) is 10.8. The number of halogens is 3. The van der Waals surface area contributed by atoms with E-state index in [-0.39, 0.29) is 11.4 Å². The summed E-state index contributed by atoms with van der Waals surface area (Å²) in [7, 11) is 0. The van der Waals surface area contributed by atoms with Crippen molar-refractivity contribution in [1.82, 2.24) is 5.32 Å². The number of carbonyl (C=O) groups excluding carboxylic acids is 1. The highest BCUT2D eigenvalue weighted by Crippen LogP contribution is 2.25. The molecule has 122 valence electrons. The van der Waals surface area contributed by atoms with Crippen molar-refractivity contribution in [3.05, 3.63) is 75.7 Å². The largest absolute Gasteiger partial charge is 0.386 e. The molecule has 0 bridgehead atoms. The number of benzene rings is 2. The summed E-state index contributed by atoms with van der Waals surface area (Å²) >= 11 is 11.7. The Labute approximate surface area is 148 Å². The van der Waals surface area contributed by atoms with Crippen molar-refractivity contribution in [2.75, 3.05) is 5.32 Å². The maximum atomic E-state index is 12.8. The van der Waals surface area contributed by atoms with Gasteiger partial charge in [0.15, 0.2) is 0 Å². The quantitative estimate of drug-likeness (QED) is 0.615. The lowest BCUT2D eigenvalue weighted by molar-refractivity contribution is -0.112. The van der Waals surface area contributed by atoms with E-state index in [1.807, 2.05) is 6.07 Å². The van der Waals surface area contributed by atoms with E-state index in [9.17, 15) is 9.18 Å². The van der Waals surface area contributed by atoms with E-state index in [0.717, 1.165) is 5.56 Å². The van der Waals surface area contributed by atoms with Crippen molar-refractivity contribution in [2.45, 2.75) is 6.54 Å². The number of nitriles is 1. The molecular formula is C17H12Cl2FN3O. The number of anilines is 1. The first-order chi connectivity index (χ1) is 11.5. The first kappa shape index (κ1) is 17.8. The van der Waals surface area contributed by atoms with Crippen LogP contribution in [0.4, 0.5) is 10.1 Å². The van der Waals surface area contributed by atoms with E-state index >= 15 is 0 Å². The lowest BCUT2D eigenvalue weighted by atomic mass is 10.2. The first-order valence-electron chi connectivity index (χ1n) is 6.84. The summed E-state index contributed by atoms with van der Waals surface area (Å²) in [5.74, 6) is -0.907. The maximum Gasteiger partial charge on any atom is 0.267 e. The SMILES string of the molecule is N#C/C(=C/NCc1ccc(F)cc1)C(=O)Nc1ccc(Cl)c(Cl)c1. The number of carbonyl (C=O) groups is 1. The van der Waals surface area contributed by atoms with E-state index < -0.39 is 5.91 Å². The Balaban J connectivity index is 1.98. The molecule has 0 saturated heterocycles. The van der Waals surface area contributed by atoms with Crippen LogP contribution < -0.4 is 10.6 Å². The second-order valence-electron chi connectivity index (χ2n) is 4.76.